The number of Topliss-reactive ketones (excluding diaryl/α,β-unsaturated/α-hetero) is 1. The molecule has 1 atom stereocenters. The summed E-state index contributed by atoms with van der Waals surface area (Å²) in [5.74, 6) is -0.0698. The van der Waals surface area contributed by atoms with E-state index in [0.717, 1.165) is 30.9 Å². The summed E-state index contributed by atoms with van der Waals surface area (Å²) < 4.78 is 0. The number of ketones is 1. The van der Waals surface area contributed by atoms with Crippen LogP contribution in [-0.2, 0) is 9.59 Å². The van der Waals surface area contributed by atoms with E-state index in [1.54, 1.807) is 6.92 Å². The van der Waals surface area contributed by atoms with Crippen molar-refractivity contribution in [1.82, 2.24) is 0 Å². The van der Waals surface area contributed by atoms with Crippen molar-refractivity contribution in [1.29, 1.82) is 0 Å². The third kappa shape index (κ3) is 9.92. The van der Waals surface area contributed by atoms with Crippen molar-refractivity contribution in [2.24, 2.45) is 5.92 Å². The number of carbonyl (C=O) groups is 2. The van der Waals surface area contributed by atoms with Crippen LogP contribution < -0.4 is 0 Å². The molecule has 1 aliphatic rings. The number of carboxylic acid groups (broad SMARTS) is 1. The van der Waals surface area contributed by atoms with Gasteiger partial charge in [-0.25, -0.2) is 4.79 Å². The van der Waals surface area contributed by atoms with Crippen molar-refractivity contribution >= 4 is 11.8 Å². The molecule has 1 N–H and O–H groups in total. The van der Waals surface area contributed by atoms with Crippen LogP contribution in [0.5, 0.6) is 0 Å². The van der Waals surface area contributed by atoms with E-state index in [-0.39, 0.29) is 0 Å². The maximum Gasteiger partial charge on any atom is 0.328 e. The van der Waals surface area contributed by atoms with Gasteiger partial charge in [-0.3, -0.25) is 4.79 Å². The molecule has 0 saturated heterocycles. The van der Waals surface area contributed by atoms with Gasteiger partial charge in [-0.1, -0.05) is 45.1 Å². The van der Waals surface area contributed by atoms with E-state index in [0.29, 0.717) is 17.3 Å². The number of hydrogen-bond donors (Lipinski definition) is 1. The molecular formula is C19H30O3. The molecule has 22 heavy (non-hydrogen) atoms. The monoisotopic (exact) mass is 306 g/mol. The van der Waals surface area contributed by atoms with E-state index < -0.39 is 5.97 Å². The summed E-state index contributed by atoms with van der Waals surface area (Å²) in [5.41, 5.74) is 2.93. The second-order valence-electron chi connectivity index (χ2n) is 5.12. The fourth-order valence-electron chi connectivity index (χ4n) is 2.08. The molecule has 1 rings (SSSR count). The minimum atomic E-state index is -0.928. The first-order valence-corrected chi connectivity index (χ1v) is 7.68. The molecule has 1 unspecified atom stereocenters. The fourth-order valence-corrected chi connectivity index (χ4v) is 2.08. The number of hydrogen-bond acceptors (Lipinski definition) is 2. The molecule has 3 nitrogen and oxygen atoms in total. The zero-order valence-electron chi connectivity index (χ0n) is 14.6. The molecule has 0 aromatic heterocycles. The first-order valence-electron chi connectivity index (χ1n) is 7.68. The molecule has 0 heterocycles. The lowest BCUT2D eigenvalue weighted by atomic mass is 9.83. The maximum absolute atomic E-state index is 11.5. The van der Waals surface area contributed by atoms with E-state index in [1.165, 1.54) is 11.6 Å². The Morgan fingerprint density at radius 2 is 1.86 bits per heavy atom. The van der Waals surface area contributed by atoms with Crippen LogP contribution in [0.25, 0.3) is 0 Å². The number of allylic oxidation sites excluding steroid dienone is 5. The van der Waals surface area contributed by atoms with Gasteiger partial charge in [-0.05, 0) is 43.8 Å². The van der Waals surface area contributed by atoms with Crippen LogP contribution in [0.3, 0.4) is 0 Å². The van der Waals surface area contributed by atoms with E-state index >= 15 is 0 Å². The van der Waals surface area contributed by atoms with Gasteiger partial charge < -0.3 is 5.11 Å². The van der Waals surface area contributed by atoms with E-state index in [1.807, 2.05) is 19.9 Å². The average molecular weight is 306 g/mol. The Balaban J connectivity index is 0. The molecule has 1 aliphatic carbocycles. The van der Waals surface area contributed by atoms with Crippen LogP contribution in [0.4, 0.5) is 0 Å². The van der Waals surface area contributed by atoms with Crippen molar-refractivity contribution in [3.05, 3.63) is 48.1 Å². The van der Waals surface area contributed by atoms with E-state index in [2.05, 4.69) is 27.0 Å². The molecule has 0 bridgehead atoms. The summed E-state index contributed by atoms with van der Waals surface area (Å²) >= 11 is 0. The quantitative estimate of drug-likeness (QED) is 0.446. The van der Waals surface area contributed by atoms with Crippen molar-refractivity contribution in [2.75, 3.05) is 0 Å². The Kier molecular flexibility index (Phi) is 13.0. The summed E-state index contributed by atoms with van der Waals surface area (Å²) in [6.07, 6.45) is 6.96. The normalized spacial score (nSPS) is 17.6. The van der Waals surface area contributed by atoms with Gasteiger partial charge in [0.05, 0.1) is 0 Å². The van der Waals surface area contributed by atoms with Crippen molar-refractivity contribution in [3.8, 4) is 0 Å². The molecule has 0 aliphatic heterocycles. The fraction of sp³-hybridized carbons (Fsp3) is 0.474. The summed E-state index contributed by atoms with van der Waals surface area (Å²) in [6, 6.07) is 0. The number of carbonyl (C=O) groups excluding carboxylic acids is 1. The molecule has 0 radical (unpaired) electrons. The largest absolute Gasteiger partial charge is 0.478 e. The van der Waals surface area contributed by atoms with Gasteiger partial charge in [0, 0.05) is 12.5 Å². The molecule has 3 heteroatoms. The van der Waals surface area contributed by atoms with Gasteiger partial charge in [0.2, 0.25) is 0 Å². The minimum Gasteiger partial charge on any atom is -0.478 e. The van der Waals surface area contributed by atoms with E-state index in [4.69, 9.17) is 5.11 Å². The van der Waals surface area contributed by atoms with Gasteiger partial charge in [-0.2, -0.15) is 0 Å². The van der Waals surface area contributed by atoms with Gasteiger partial charge in [-0.15, -0.1) is 6.58 Å². The predicted molar refractivity (Wildman–Crippen MR) is 93.9 cm³/mol. The van der Waals surface area contributed by atoms with Gasteiger partial charge in [0.1, 0.15) is 0 Å². The number of rotatable bonds is 4. The Bertz CT molecular complexity index is 453. The molecule has 0 aromatic carbocycles. The Labute approximate surface area is 135 Å². The summed E-state index contributed by atoms with van der Waals surface area (Å²) in [5, 5.41) is 8.09. The van der Waals surface area contributed by atoms with Gasteiger partial charge in [0.15, 0.2) is 5.78 Å². The van der Waals surface area contributed by atoms with Gasteiger partial charge in [0.25, 0.3) is 0 Å². The van der Waals surface area contributed by atoms with Crippen LogP contribution in [0.15, 0.2) is 48.1 Å². The van der Waals surface area contributed by atoms with Crippen molar-refractivity contribution < 1.29 is 14.7 Å². The minimum absolute atomic E-state index is 0.325. The predicted octanol–water partition coefficient (Wildman–Crippen LogP) is 5.11. The highest BCUT2D eigenvalue weighted by atomic mass is 16.4. The van der Waals surface area contributed by atoms with Crippen LogP contribution in [-0.4, -0.2) is 16.9 Å². The van der Waals surface area contributed by atoms with Crippen LogP contribution in [0, 0.1) is 5.92 Å². The van der Waals surface area contributed by atoms with Crippen LogP contribution >= 0.6 is 0 Å². The smallest absolute Gasteiger partial charge is 0.328 e. The third-order valence-corrected chi connectivity index (χ3v) is 3.06. The van der Waals surface area contributed by atoms with Crippen LogP contribution in [0.2, 0.25) is 0 Å². The molecule has 0 aromatic rings. The van der Waals surface area contributed by atoms with Crippen molar-refractivity contribution in [2.45, 2.75) is 53.9 Å². The highest BCUT2D eigenvalue weighted by Crippen LogP contribution is 2.28. The molecule has 0 amide bonds. The van der Waals surface area contributed by atoms with Crippen LogP contribution in [0.1, 0.15) is 53.9 Å². The Morgan fingerprint density at radius 3 is 2.18 bits per heavy atom. The van der Waals surface area contributed by atoms with Gasteiger partial charge >= 0.3 is 5.97 Å². The van der Waals surface area contributed by atoms with Crippen molar-refractivity contribution in [3.63, 3.8) is 0 Å². The summed E-state index contributed by atoms with van der Waals surface area (Å²) in [7, 11) is 0. The average Bonchev–Trinajstić information content (AvgIpc) is 2.45. The zero-order valence-corrected chi connectivity index (χ0v) is 14.6. The number of aliphatic carboxylic acids is 1. The highest BCUT2D eigenvalue weighted by Gasteiger charge is 2.21. The summed E-state index contributed by atoms with van der Waals surface area (Å²) in [4.78, 5) is 21.3. The third-order valence-electron chi connectivity index (χ3n) is 3.06. The first kappa shape index (κ1) is 22.4. The SMILES string of the molecule is C=C/C(C)=C/C(=O)O.C=CCC1=C(C)CC(C)CC1=O.CC. The topological polar surface area (TPSA) is 54.4 Å². The molecular weight excluding hydrogens is 276 g/mol. The standard InChI is InChI=1S/C11H16O.C6H8O2.C2H6/c1-4-5-10-9(3)6-8(2)7-11(10)12;1-3-5(2)4-6(7)8;1-2/h4,8H,1,5-7H2,2-3H3;3-4H,1H2,2H3,(H,7,8);1-2H3/b;5-4+;. The first-order chi connectivity index (χ1) is 10.3. The zero-order chi connectivity index (χ0) is 17.7. The maximum atomic E-state index is 11.5. The van der Waals surface area contributed by atoms with E-state index in [9.17, 15) is 9.59 Å². The second kappa shape index (κ2) is 12.8. The molecule has 0 spiro atoms. The number of carboxylic acids is 1. The lowest BCUT2D eigenvalue weighted by Gasteiger charge is -2.20. The molecule has 0 fully saturated rings. The lowest BCUT2D eigenvalue weighted by Crippen LogP contribution is -2.16. The lowest BCUT2D eigenvalue weighted by molar-refractivity contribution is -0.131. The summed E-state index contributed by atoms with van der Waals surface area (Å²) in [6.45, 7) is 16.9. The highest BCUT2D eigenvalue weighted by molar-refractivity contribution is 5.97. The second-order valence-corrected chi connectivity index (χ2v) is 5.12. The molecule has 0 saturated carbocycles. The Morgan fingerprint density at radius 1 is 1.32 bits per heavy atom. The Hall–Kier alpha value is -1.90. The molecule has 124 valence electrons.